The number of unbranched alkanes of at least 4 members (excludes halogenated alkanes) is 6. The quantitative estimate of drug-likeness (QED) is 0.0252. The predicted octanol–water partition coefficient (Wildman–Crippen LogP) is 8.85. The van der Waals surface area contributed by atoms with Gasteiger partial charge in [-0.25, -0.2) is 29.1 Å². The molecule has 26 nitrogen and oxygen atoms in total. The highest BCUT2D eigenvalue weighted by Crippen LogP contribution is 2.34. The number of esters is 2. The van der Waals surface area contributed by atoms with Gasteiger partial charge in [0.25, 0.3) is 11.1 Å². The Hall–Kier alpha value is -7.36. The van der Waals surface area contributed by atoms with Gasteiger partial charge in [0.15, 0.2) is 23.0 Å². The van der Waals surface area contributed by atoms with Gasteiger partial charge in [-0.3, -0.25) is 30.2 Å². The molecule has 0 spiro atoms. The fourth-order valence-electron chi connectivity index (χ4n) is 9.45. The second-order valence-electron chi connectivity index (χ2n) is 21.0. The summed E-state index contributed by atoms with van der Waals surface area (Å²) in [5, 5.41) is 10.9. The number of aromatic amines is 2. The maximum absolute atomic E-state index is 13.4. The van der Waals surface area contributed by atoms with E-state index < -0.39 is 24.0 Å². The molecule has 4 aromatic rings. The number of nitrogens with one attached hydrogen (secondary N) is 6. The van der Waals surface area contributed by atoms with Crippen molar-refractivity contribution in [3.05, 3.63) is 91.8 Å². The Morgan fingerprint density at radius 2 is 0.811 bits per heavy atom. The van der Waals surface area contributed by atoms with Gasteiger partial charge in [0.05, 0.1) is 104 Å². The van der Waals surface area contributed by atoms with Gasteiger partial charge in [-0.1, -0.05) is 65.5 Å². The molecule has 0 bridgehead atoms. The molecule has 6 N–H and O–H groups in total. The van der Waals surface area contributed by atoms with Gasteiger partial charge in [0.1, 0.15) is 37.6 Å². The number of fused-ring (bicyclic) bond motifs is 2. The van der Waals surface area contributed by atoms with Crippen molar-refractivity contribution in [2.45, 2.75) is 129 Å². The van der Waals surface area contributed by atoms with Crippen LogP contribution in [0.1, 0.15) is 162 Å². The lowest BCUT2D eigenvalue weighted by atomic mass is 9.97. The number of aromatic nitrogens is 4. The monoisotopic (exact) mass is 1260 g/mol. The van der Waals surface area contributed by atoms with Crippen LogP contribution in [0.25, 0.3) is 0 Å². The number of ether oxygens (including phenoxy) is 12. The van der Waals surface area contributed by atoms with Crippen LogP contribution in [0.4, 0.5) is 21.5 Å². The van der Waals surface area contributed by atoms with Crippen molar-refractivity contribution in [1.29, 1.82) is 0 Å². The molecule has 1 aliphatic rings. The summed E-state index contributed by atoms with van der Waals surface area (Å²) in [7, 11) is 0. The molecular formula is C64H96N8O18. The number of carbonyl (C=O) groups excluding carboxylic acids is 4. The zero-order valence-electron chi connectivity index (χ0n) is 53.1. The molecule has 0 radical (unpaired) electrons. The lowest BCUT2D eigenvalue weighted by Gasteiger charge is -2.17. The van der Waals surface area contributed by atoms with E-state index in [0.717, 1.165) is 64.2 Å². The number of para-hydroxylation sites is 2. The van der Waals surface area contributed by atoms with Gasteiger partial charge >= 0.3 is 24.0 Å². The normalized spacial score (nSPS) is 15.2. The zero-order chi connectivity index (χ0) is 64.2. The van der Waals surface area contributed by atoms with Crippen LogP contribution < -0.4 is 51.3 Å². The summed E-state index contributed by atoms with van der Waals surface area (Å²) in [5.41, 5.74) is 1.11. The summed E-state index contributed by atoms with van der Waals surface area (Å²) in [6.45, 7) is 13.2. The lowest BCUT2D eigenvalue weighted by molar-refractivity contribution is 0.00230. The molecule has 0 fully saturated rings. The summed E-state index contributed by atoms with van der Waals surface area (Å²) >= 11 is 0. The number of urea groups is 2. The number of H-pyrrole nitrogens is 2. The van der Waals surface area contributed by atoms with Crippen LogP contribution in [0.3, 0.4) is 0 Å². The Bertz CT molecular complexity index is 2630. The SMILES string of the molecule is CCCC(CC)c1cc(=O)[nH]c(NC(=O)NCCCCCCOC(=O)c2cccc3c2OCCOCCOCCOCCOc2cccc(C(=O)OCCCCCCNC(=O)Nc4nc(C(CC)CCC)cc(=O)[nH]4)c2OCCOCCOCCOCCO3)n1. The van der Waals surface area contributed by atoms with Crippen LogP contribution in [-0.2, 0) is 37.9 Å². The molecule has 0 saturated heterocycles. The Balaban J connectivity index is 0.995. The first-order chi connectivity index (χ1) is 44.0. The van der Waals surface area contributed by atoms with E-state index in [-0.39, 0.29) is 137 Å². The number of amides is 4. The standard InChI is InChI=1S/C64H96N8O18/c1-5-19-47(7-3)51-45-55(73)69-61(67-51)71-63(77)65-25-13-9-11-15-27-89-59(75)49-21-17-23-53-57(49)87-43-39-83-35-31-79-30-34-82-38-42-86-54-24-18-22-50(58(54)88-44-40-84-36-32-80-29-33-81-37-41-85-53)60(76)90-28-16-12-10-14-26-66-64(78)72-62-68-52(46-56(74)70-62)48(8-4)20-6-2/h17-18,21-24,45-48H,5-16,19-20,25-44H2,1-4H3,(H3,65,67,69,71,73,77)(H3,66,68,70,72,74,78). The van der Waals surface area contributed by atoms with Crippen LogP contribution in [0.5, 0.6) is 23.0 Å². The topological polar surface area (TPSA) is 319 Å². The zero-order valence-corrected chi connectivity index (χ0v) is 53.1. The highest BCUT2D eigenvalue weighted by molar-refractivity contribution is 5.94. The fraction of sp³-hybridized carbons (Fsp3) is 0.625. The Kier molecular flexibility index (Phi) is 36.7. The minimum Gasteiger partial charge on any atom is -0.487 e. The number of rotatable bonds is 26. The number of nitrogens with zero attached hydrogens (tertiary/aromatic N) is 2. The van der Waals surface area contributed by atoms with Crippen LogP contribution in [0.15, 0.2) is 58.1 Å². The summed E-state index contributed by atoms with van der Waals surface area (Å²) in [4.78, 5) is 90.5. The van der Waals surface area contributed by atoms with E-state index in [1.807, 2.05) is 0 Å². The number of hydrogen-bond donors (Lipinski definition) is 6. The Morgan fingerprint density at radius 1 is 0.467 bits per heavy atom. The van der Waals surface area contributed by atoms with E-state index in [1.165, 1.54) is 12.1 Å². The predicted molar refractivity (Wildman–Crippen MR) is 337 cm³/mol. The van der Waals surface area contributed by atoms with E-state index in [1.54, 1.807) is 36.4 Å². The fourth-order valence-corrected chi connectivity index (χ4v) is 9.45. The summed E-state index contributed by atoms with van der Waals surface area (Å²) in [6, 6.07) is 12.1. The molecule has 90 heavy (non-hydrogen) atoms. The van der Waals surface area contributed by atoms with Crippen molar-refractivity contribution in [2.75, 3.05) is 143 Å². The highest BCUT2D eigenvalue weighted by Gasteiger charge is 2.22. The van der Waals surface area contributed by atoms with Gasteiger partial charge in [-0.05, 0) is 88.5 Å². The molecule has 0 saturated carbocycles. The minimum atomic E-state index is -0.566. The summed E-state index contributed by atoms with van der Waals surface area (Å²) in [5.74, 6) is 0.511. The first-order valence-corrected chi connectivity index (χ1v) is 31.9. The lowest BCUT2D eigenvalue weighted by Crippen LogP contribution is -2.31. The first-order valence-electron chi connectivity index (χ1n) is 31.9. The van der Waals surface area contributed by atoms with Crippen molar-refractivity contribution in [3.8, 4) is 23.0 Å². The first kappa shape index (κ1) is 73.4. The van der Waals surface area contributed by atoms with Crippen LogP contribution in [0, 0.1) is 0 Å². The Morgan fingerprint density at radius 3 is 1.17 bits per heavy atom. The van der Waals surface area contributed by atoms with Crippen molar-refractivity contribution < 1.29 is 76.0 Å². The summed E-state index contributed by atoms with van der Waals surface area (Å²) < 4.78 is 70.0. The molecule has 4 amide bonds. The highest BCUT2D eigenvalue weighted by atomic mass is 16.6. The molecule has 26 heteroatoms. The molecule has 2 unspecified atom stereocenters. The third kappa shape index (κ3) is 29.1. The molecule has 5 rings (SSSR count). The average molecular weight is 1270 g/mol. The van der Waals surface area contributed by atoms with Crippen molar-refractivity contribution in [2.24, 2.45) is 0 Å². The van der Waals surface area contributed by atoms with E-state index >= 15 is 0 Å². The van der Waals surface area contributed by atoms with Crippen molar-refractivity contribution >= 4 is 35.9 Å². The van der Waals surface area contributed by atoms with E-state index in [9.17, 15) is 28.8 Å². The van der Waals surface area contributed by atoms with Crippen molar-refractivity contribution in [3.63, 3.8) is 0 Å². The van der Waals surface area contributed by atoms with Gasteiger partial charge in [0.2, 0.25) is 11.9 Å². The third-order valence-corrected chi connectivity index (χ3v) is 14.1. The van der Waals surface area contributed by atoms with E-state index in [0.29, 0.717) is 101 Å². The number of benzene rings is 2. The molecule has 0 aliphatic carbocycles. The largest absolute Gasteiger partial charge is 0.487 e. The smallest absolute Gasteiger partial charge is 0.342 e. The second kappa shape index (κ2) is 45.0. The number of carbonyl (C=O) groups is 4. The van der Waals surface area contributed by atoms with Gasteiger partial charge < -0.3 is 67.5 Å². The molecule has 1 aliphatic heterocycles. The number of anilines is 2. The minimum absolute atomic E-state index is 0.105. The number of hydrogen-bond acceptors (Lipinski definition) is 20. The van der Waals surface area contributed by atoms with Gasteiger partial charge in [-0.15, -0.1) is 0 Å². The molecule has 3 heterocycles. The second-order valence-corrected chi connectivity index (χ2v) is 21.0. The third-order valence-electron chi connectivity index (χ3n) is 14.1. The average Bonchev–Trinajstić information content (AvgIpc) is 1.55. The van der Waals surface area contributed by atoms with Gasteiger partial charge in [0, 0.05) is 37.1 Å². The molecule has 2 aromatic heterocycles. The molecule has 2 atom stereocenters. The molecule has 2 aromatic carbocycles. The van der Waals surface area contributed by atoms with E-state index in [2.05, 4.69) is 68.9 Å². The van der Waals surface area contributed by atoms with Crippen LogP contribution >= 0.6 is 0 Å². The molecule has 500 valence electrons. The summed E-state index contributed by atoms with van der Waals surface area (Å²) in [6.07, 6.45) is 11.1. The van der Waals surface area contributed by atoms with E-state index in [4.69, 9.17) is 56.8 Å². The molecular weight excluding hydrogens is 1170 g/mol. The van der Waals surface area contributed by atoms with Crippen LogP contribution in [0.2, 0.25) is 0 Å². The van der Waals surface area contributed by atoms with Gasteiger partial charge in [-0.2, -0.15) is 0 Å². The van der Waals surface area contributed by atoms with Crippen molar-refractivity contribution in [1.82, 2.24) is 30.6 Å². The maximum atomic E-state index is 13.4. The Labute approximate surface area is 527 Å². The maximum Gasteiger partial charge on any atom is 0.342 e. The van der Waals surface area contributed by atoms with Crippen LogP contribution in [-0.4, -0.2) is 176 Å².